The van der Waals surface area contributed by atoms with E-state index in [9.17, 15) is 4.79 Å². The number of hydrogen-bond acceptors (Lipinski definition) is 2. The number of carbonyl (C=O) groups is 1. The summed E-state index contributed by atoms with van der Waals surface area (Å²) in [6, 6.07) is 18.8. The summed E-state index contributed by atoms with van der Waals surface area (Å²) in [5.41, 5.74) is 3.17. The lowest BCUT2D eigenvalue weighted by molar-refractivity contribution is -0.120. The molecule has 1 saturated heterocycles. The molecule has 2 nitrogen and oxygen atoms in total. The number of nitrogens with zero attached hydrogens (tertiary/aromatic N) is 1. The van der Waals surface area contributed by atoms with Gasteiger partial charge in [-0.2, -0.15) is 0 Å². The summed E-state index contributed by atoms with van der Waals surface area (Å²) in [7, 11) is 2.11. The van der Waals surface area contributed by atoms with Gasteiger partial charge in [-0.15, -0.1) is 0 Å². The van der Waals surface area contributed by atoms with E-state index in [1.807, 2.05) is 24.3 Å². The van der Waals surface area contributed by atoms with Crippen LogP contribution in [0.2, 0.25) is 0 Å². The molecule has 1 heterocycles. The van der Waals surface area contributed by atoms with E-state index in [-0.39, 0.29) is 11.7 Å². The van der Waals surface area contributed by atoms with E-state index in [4.69, 9.17) is 0 Å². The van der Waals surface area contributed by atoms with E-state index >= 15 is 0 Å². The third-order valence-electron chi connectivity index (χ3n) is 5.11. The Kier molecular flexibility index (Phi) is 3.02. The van der Waals surface area contributed by atoms with Crippen molar-refractivity contribution in [2.24, 2.45) is 0 Å². The SMILES string of the molecule is CN1CC(c2ccccc2)C2(C1)C(=O)C=Cc1ccccc12. The number of carbonyl (C=O) groups excluding carboxylic acids is 1. The first-order valence-electron chi connectivity index (χ1n) is 7.77. The van der Waals surface area contributed by atoms with Gasteiger partial charge in [0.15, 0.2) is 5.78 Å². The topological polar surface area (TPSA) is 20.3 Å². The molecule has 1 aliphatic carbocycles. The molecule has 0 radical (unpaired) electrons. The molecule has 2 aromatic rings. The fourth-order valence-electron chi connectivity index (χ4n) is 4.16. The van der Waals surface area contributed by atoms with E-state index < -0.39 is 5.41 Å². The van der Waals surface area contributed by atoms with Crippen LogP contribution in [0.25, 0.3) is 6.08 Å². The maximum absolute atomic E-state index is 13.0. The maximum Gasteiger partial charge on any atom is 0.168 e. The molecule has 2 heteroatoms. The lowest BCUT2D eigenvalue weighted by Crippen LogP contribution is -2.43. The van der Waals surface area contributed by atoms with Crippen LogP contribution in [-0.2, 0) is 10.2 Å². The predicted octanol–water partition coefficient (Wildman–Crippen LogP) is 3.25. The number of ketones is 1. The zero-order valence-corrected chi connectivity index (χ0v) is 12.7. The van der Waals surface area contributed by atoms with Crippen molar-refractivity contribution in [3.8, 4) is 0 Å². The molecule has 4 rings (SSSR count). The molecule has 2 atom stereocenters. The molecule has 110 valence electrons. The summed E-state index contributed by atoms with van der Waals surface area (Å²) in [6.45, 7) is 1.70. The van der Waals surface area contributed by atoms with Crippen LogP contribution in [0.4, 0.5) is 0 Å². The van der Waals surface area contributed by atoms with E-state index in [1.54, 1.807) is 6.08 Å². The Labute approximate surface area is 131 Å². The minimum atomic E-state index is -0.443. The van der Waals surface area contributed by atoms with Crippen LogP contribution >= 0.6 is 0 Å². The first kappa shape index (κ1) is 13.5. The highest BCUT2D eigenvalue weighted by atomic mass is 16.1. The van der Waals surface area contributed by atoms with Gasteiger partial charge in [-0.25, -0.2) is 0 Å². The summed E-state index contributed by atoms with van der Waals surface area (Å²) >= 11 is 0. The fourth-order valence-corrected chi connectivity index (χ4v) is 4.16. The Morgan fingerprint density at radius 3 is 2.55 bits per heavy atom. The molecule has 2 aliphatic rings. The van der Waals surface area contributed by atoms with Crippen LogP contribution in [0.3, 0.4) is 0 Å². The largest absolute Gasteiger partial charge is 0.304 e. The number of rotatable bonds is 1. The van der Waals surface area contributed by atoms with Gasteiger partial charge < -0.3 is 4.90 Å². The molecular formula is C20H19NO. The molecule has 1 fully saturated rings. The minimum absolute atomic E-state index is 0.206. The molecule has 1 aliphatic heterocycles. The van der Waals surface area contributed by atoms with Gasteiger partial charge in [0.25, 0.3) is 0 Å². The van der Waals surface area contributed by atoms with Crippen LogP contribution in [-0.4, -0.2) is 30.8 Å². The fraction of sp³-hybridized carbons (Fsp3) is 0.250. The first-order chi connectivity index (χ1) is 10.7. The third kappa shape index (κ3) is 1.80. The van der Waals surface area contributed by atoms with E-state index in [0.29, 0.717) is 0 Å². The molecule has 0 bridgehead atoms. The number of benzene rings is 2. The molecule has 0 N–H and O–H groups in total. The Balaban J connectivity index is 1.94. The number of fused-ring (bicyclic) bond motifs is 2. The summed E-state index contributed by atoms with van der Waals surface area (Å²) in [6.07, 6.45) is 3.74. The van der Waals surface area contributed by atoms with Gasteiger partial charge in [-0.05, 0) is 29.8 Å². The average Bonchev–Trinajstić information content (AvgIpc) is 2.91. The molecule has 2 aromatic carbocycles. The monoisotopic (exact) mass is 289 g/mol. The summed E-state index contributed by atoms with van der Waals surface area (Å²) in [4.78, 5) is 15.3. The van der Waals surface area contributed by atoms with Gasteiger partial charge in [0.2, 0.25) is 0 Å². The zero-order valence-electron chi connectivity index (χ0n) is 12.7. The van der Waals surface area contributed by atoms with E-state index in [2.05, 4.69) is 48.3 Å². The Bertz CT molecular complexity index is 749. The highest BCUT2D eigenvalue weighted by Crippen LogP contribution is 2.48. The summed E-state index contributed by atoms with van der Waals surface area (Å²) in [5.74, 6) is 0.446. The second-order valence-electron chi connectivity index (χ2n) is 6.42. The molecule has 2 unspecified atom stereocenters. The van der Waals surface area contributed by atoms with Crippen molar-refractivity contribution in [1.82, 2.24) is 4.90 Å². The number of likely N-dealkylation sites (N-methyl/N-ethyl adjacent to an activating group) is 1. The van der Waals surface area contributed by atoms with Crippen molar-refractivity contribution in [3.05, 3.63) is 77.4 Å². The van der Waals surface area contributed by atoms with Crippen LogP contribution in [0.5, 0.6) is 0 Å². The van der Waals surface area contributed by atoms with Gasteiger partial charge in [0.05, 0.1) is 5.41 Å². The summed E-state index contributed by atoms with van der Waals surface area (Å²) < 4.78 is 0. The normalized spacial score (nSPS) is 27.3. The van der Waals surface area contributed by atoms with Crippen molar-refractivity contribution in [1.29, 1.82) is 0 Å². The molecule has 0 aromatic heterocycles. The zero-order chi connectivity index (χ0) is 15.2. The second kappa shape index (κ2) is 4.92. The smallest absolute Gasteiger partial charge is 0.168 e. The van der Waals surface area contributed by atoms with Crippen LogP contribution in [0.1, 0.15) is 22.6 Å². The number of allylic oxidation sites excluding steroid dienone is 1. The van der Waals surface area contributed by atoms with Crippen LogP contribution in [0.15, 0.2) is 60.7 Å². The first-order valence-corrected chi connectivity index (χ1v) is 7.77. The Morgan fingerprint density at radius 2 is 1.73 bits per heavy atom. The molecule has 1 spiro atoms. The van der Waals surface area contributed by atoms with Crippen molar-refractivity contribution >= 4 is 11.9 Å². The van der Waals surface area contributed by atoms with Gasteiger partial charge in [-0.1, -0.05) is 60.7 Å². The average molecular weight is 289 g/mol. The van der Waals surface area contributed by atoms with Crippen molar-refractivity contribution < 1.29 is 4.79 Å². The van der Waals surface area contributed by atoms with Gasteiger partial charge >= 0.3 is 0 Å². The van der Waals surface area contributed by atoms with Crippen LogP contribution in [0, 0.1) is 0 Å². The quantitative estimate of drug-likeness (QED) is 0.803. The van der Waals surface area contributed by atoms with Crippen LogP contribution < -0.4 is 0 Å². The van der Waals surface area contributed by atoms with Crippen molar-refractivity contribution in [3.63, 3.8) is 0 Å². The third-order valence-corrected chi connectivity index (χ3v) is 5.11. The van der Waals surface area contributed by atoms with Crippen molar-refractivity contribution in [2.45, 2.75) is 11.3 Å². The predicted molar refractivity (Wildman–Crippen MR) is 88.8 cm³/mol. The van der Waals surface area contributed by atoms with Crippen molar-refractivity contribution in [2.75, 3.05) is 20.1 Å². The minimum Gasteiger partial charge on any atom is -0.304 e. The molecule has 22 heavy (non-hydrogen) atoms. The Morgan fingerprint density at radius 1 is 1.00 bits per heavy atom. The molecule has 0 amide bonds. The second-order valence-corrected chi connectivity index (χ2v) is 6.42. The maximum atomic E-state index is 13.0. The number of hydrogen-bond donors (Lipinski definition) is 0. The van der Waals surface area contributed by atoms with Gasteiger partial charge in [0.1, 0.15) is 0 Å². The Hall–Kier alpha value is -2.19. The van der Waals surface area contributed by atoms with Gasteiger partial charge in [0, 0.05) is 19.0 Å². The lowest BCUT2D eigenvalue weighted by Gasteiger charge is -2.36. The van der Waals surface area contributed by atoms with E-state index in [1.165, 1.54) is 16.7 Å². The lowest BCUT2D eigenvalue weighted by atomic mass is 9.64. The molecule has 0 saturated carbocycles. The standard InChI is InChI=1S/C20H19NO/c1-21-13-18(15-7-3-2-4-8-15)20(14-21)17-10-6-5-9-16(17)11-12-19(20)22/h2-12,18H,13-14H2,1H3. The number of likely N-dealkylation sites (tertiary alicyclic amines) is 1. The van der Waals surface area contributed by atoms with Gasteiger partial charge in [-0.3, -0.25) is 4.79 Å². The van der Waals surface area contributed by atoms with E-state index in [0.717, 1.165) is 13.1 Å². The summed E-state index contributed by atoms with van der Waals surface area (Å²) in [5, 5.41) is 0. The molecular weight excluding hydrogens is 270 g/mol. The highest BCUT2D eigenvalue weighted by molar-refractivity contribution is 6.06. The highest BCUT2D eigenvalue weighted by Gasteiger charge is 2.53.